The van der Waals surface area contributed by atoms with E-state index in [9.17, 15) is 9.59 Å². The summed E-state index contributed by atoms with van der Waals surface area (Å²) in [6, 6.07) is 11.8. The van der Waals surface area contributed by atoms with Crippen molar-refractivity contribution in [1.29, 1.82) is 0 Å². The number of aromatic amines is 1. The minimum absolute atomic E-state index is 0.112. The largest absolute Gasteiger partial charge is 0.342 e. The van der Waals surface area contributed by atoms with Gasteiger partial charge >= 0.3 is 0 Å². The number of nitrogens with one attached hydrogen (secondary N) is 2. The number of anilines is 1. The van der Waals surface area contributed by atoms with Gasteiger partial charge in [-0.1, -0.05) is 5.92 Å². The van der Waals surface area contributed by atoms with Gasteiger partial charge in [-0.2, -0.15) is 16.4 Å². The summed E-state index contributed by atoms with van der Waals surface area (Å²) in [7, 11) is 0. The van der Waals surface area contributed by atoms with Gasteiger partial charge < -0.3 is 10.2 Å². The van der Waals surface area contributed by atoms with Crippen LogP contribution in [0.25, 0.3) is 22.2 Å². The lowest BCUT2D eigenvalue weighted by molar-refractivity contribution is -0.133. The monoisotopic (exact) mass is 552 g/mol. The van der Waals surface area contributed by atoms with Crippen molar-refractivity contribution in [2.45, 2.75) is 32.1 Å². The maximum Gasteiger partial charge on any atom is 0.244 e. The van der Waals surface area contributed by atoms with E-state index in [1.54, 1.807) is 17.5 Å². The molecule has 1 aromatic carbocycles. The number of piperidine rings is 1. The van der Waals surface area contributed by atoms with Gasteiger partial charge in [0, 0.05) is 54.7 Å². The molecule has 6 rings (SSSR count). The molecule has 40 heavy (non-hydrogen) atoms. The van der Waals surface area contributed by atoms with Crippen LogP contribution in [0.1, 0.15) is 36.4 Å². The fourth-order valence-electron chi connectivity index (χ4n) is 5.91. The van der Waals surface area contributed by atoms with Crippen LogP contribution >= 0.6 is 11.3 Å². The molecule has 8 nitrogen and oxygen atoms in total. The van der Waals surface area contributed by atoms with Crippen LogP contribution in [0.5, 0.6) is 0 Å². The molecule has 2 aliphatic heterocycles. The van der Waals surface area contributed by atoms with Crippen molar-refractivity contribution in [3.05, 3.63) is 64.6 Å². The number of hydrogen-bond acceptors (Lipinski definition) is 6. The Morgan fingerprint density at radius 1 is 1.20 bits per heavy atom. The number of terminal acetylenes is 1. The average molecular weight is 553 g/mol. The lowest BCUT2D eigenvalue weighted by Gasteiger charge is -2.33. The third-order valence-corrected chi connectivity index (χ3v) is 8.97. The topological polar surface area (TPSA) is 94.2 Å². The van der Waals surface area contributed by atoms with E-state index < -0.39 is 5.41 Å². The van der Waals surface area contributed by atoms with Crippen molar-refractivity contribution < 1.29 is 9.59 Å². The second-order valence-corrected chi connectivity index (χ2v) is 11.7. The molecule has 0 spiro atoms. The number of rotatable bonds is 6. The van der Waals surface area contributed by atoms with E-state index in [0.29, 0.717) is 31.1 Å². The van der Waals surface area contributed by atoms with Gasteiger partial charge in [0.25, 0.3) is 0 Å². The molecule has 5 heterocycles. The normalized spacial score (nSPS) is 20.1. The molecule has 2 amide bonds. The molecule has 4 aromatic rings. The highest BCUT2D eigenvalue weighted by Crippen LogP contribution is 2.34. The van der Waals surface area contributed by atoms with Crippen molar-refractivity contribution in [3.8, 4) is 23.6 Å². The molecule has 2 N–H and O–H groups in total. The zero-order valence-corrected chi connectivity index (χ0v) is 23.3. The number of H-pyrrole nitrogens is 1. The maximum atomic E-state index is 13.5. The van der Waals surface area contributed by atoms with Crippen molar-refractivity contribution in [2.24, 2.45) is 5.41 Å². The Labute approximate surface area is 237 Å². The third kappa shape index (κ3) is 5.12. The quantitative estimate of drug-likeness (QED) is 0.339. The highest BCUT2D eigenvalue weighted by Gasteiger charge is 2.44. The molecule has 0 radical (unpaired) electrons. The van der Waals surface area contributed by atoms with E-state index in [0.717, 1.165) is 53.8 Å². The third-order valence-electron chi connectivity index (χ3n) is 8.27. The fraction of sp³-hybridized carbons (Fsp3) is 0.355. The summed E-state index contributed by atoms with van der Waals surface area (Å²) in [5, 5.41) is 15.8. The highest BCUT2D eigenvalue weighted by molar-refractivity contribution is 7.08. The Balaban J connectivity index is 1.09. The molecule has 204 valence electrons. The maximum absolute atomic E-state index is 13.5. The number of carbonyl (C=O) groups is 2. The number of amides is 2. The molecule has 2 fully saturated rings. The summed E-state index contributed by atoms with van der Waals surface area (Å²) in [5.41, 5.74) is 4.59. The van der Waals surface area contributed by atoms with Gasteiger partial charge in [-0.3, -0.25) is 24.6 Å². The number of pyridine rings is 1. The Hall–Kier alpha value is -4.00. The molecule has 0 saturated carbocycles. The summed E-state index contributed by atoms with van der Waals surface area (Å²) >= 11 is 1.72. The summed E-state index contributed by atoms with van der Waals surface area (Å²) < 4.78 is 0. The second kappa shape index (κ2) is 10.9. The van der Waals surface area contributed by atoms with E-state index in [-0.39, 0.29) is 18.4 Å². The average Bonchev–Trinajstić information content (AvgIpc) is 3.73. The minimum Gasteiger partial charge on any atom is -0.342 e. The van der Waals surface area contributed by atoms with Crippen LogP contribution in [-0.2, 0) is 9.59 Å². The number of nitrogens with zero attached hydrogens (tertiary/aromatic N) is 4. The highest BCUT2D eigenvalue weighted by atomic mass is 32.1. The van der Waals surface area contributed by atoms with Crippen LogP contribution in [0.3, 0.4) is 0 Å². The zero-order chi connectivity index (χ0) is 27.7. The van der Waals surface area contributed by atoms with Gasteiger partial charge in [0.1, 0.15) is 11.1 Å². The molecule has 0 bridgehead atoms. The number of benzene rings is 1. The van der Waals surface area contributed by atoms with E-state index in [1.807, 2.05) is 47.1 Å². The lowest BCUT2D eigenvalue weighted by Crippen LogP contribution is -2.44. The van der Waals surface area contributed by atoms with Crippen molar-refractivity contribution in [2.75, 3.05) is 38.0 Å². The van der Waals surface area contributed by atoms with Crippen molar-refractivity contribution >= 4 is 39.7 Å². The Bertz CT molecular complexity index is 1580. The Morgan fingerprint density at radius 3 is 2.80 bits per heavy atom. The van der Waals surface area contributed by atoms with E-state index in [2.05, 4.69) is 43.2 Å². The van der Waals surface area contributed by atoms with Gasteiger partial charge in [0.05, 0.1) is 12.1 Å². The molecule has 9 heteroatoms. The van der Waals surface area contributed by atoms with Crippen LogP contribution in [0.2, 0.25) is 0 Å². The van der Waals surface area contributed by atoms with Crippen LogP contribution in [0.4, 0.5) is 5.69 Å². The molecule has 1 unspecified atom stereocenters. The van der Waals surface area contributed by atoms with Crippen LogP contribution in [-0.4, -0.2) is 69.5 Å². The van der Waals surface area contributed by atoms with Gasteiger partial charge in [0.2, 0.25) is 11.8 Å². The molecule has 0 aliphatic carbocycles. The van der Waals surface area contributed by atoms with Crippen LogP contribution in [0.15, 0.2) is 53.4 Å². The first-order chi connectivity index (χ1) is 19.4. The van der Waals surface area contributed by atoms with E-state index in [4.69, 9.17) is 6.42 Å². The SMILES string of the molecule is C#CC1(C(=O)Nc2ccc3[nH]nc(-c4ccnc(C)c4)c3c2)CCN(CC(=O)N2CCC(c3ccsc3)CC2)C1. The van der Waals surface area contributed by atoms with E-state index >= 15 is 0 Å². The number of aryl methyl sites for hydroxylation is 1. The number of fused-ring (bicyclic) bond motifs is 1. The molecule has 2 aliphatic rings. The van der Waals surface area contributed by atoms with Crippen molar-refractivity contribution in [3.63, 3.8) is 0 Å². The first-order valence-corrected chi connectivity index (χ1v) is 14.6. The van der Waals surface area contributed by atoms with Gasteiger partial charge in [-0.15, -0.1) is 6.42 Å². The summed E-state index contributed by atoms with van der Waals surface area (Å²) in [6.45, 7) is 4.74. The Morgan fingerprint density at radius 2 is 2.05 bits per heavy atom. The predicted molar refractivity (Wildman–Crippen MR) is 158 cm³/mol. The minimum atomic E-state index is -0.984. The van der Waals surface area contributed by atoms with Crippen molar-refractivity contribution in [1.82, 2.24) is 25.0 Å². The molecular weight excluding hydrogens is 520 g/mol. The zero-order valence-electron chi connectivity index (χ0n) is 22.5. The van der Waals surface area contributed by atoms with Gasteiger partial charge in [0.15, 0.2) is 0 Å². The summed E-state index contributed by atoms with van der Waals surface area (Å²) in [5.74, 6) is 3.20. The summed E-state index contributed by atoms with van der Waals surface area (Å²) in [4.78, 5) is 34.9. The fourth-order valence-corrected chi connectivity index (χ4v) is 6.65. The van der Waals surface area contributed by atoms with E-state index in [1.165, 1.54) is 5.56 Å². The lowest BCUT2D eigenvalue weighted by atomic mass is 9.87. The van der Waals surface area contributed by atoms with Gasteiger partial charge in [-0.25, -0.2) is 0 Å². The second-order valence-electron chi connectivity index (χ2n) is 10.9. The molecular formula is C31H32N6O2S. The number of aromatic nitrogens is 3. The number of hydrogen-bond donors (Lipinski definition) is 2. The molecule has 1 atom stereocenters. The number of likely N-dealkylation sites (tertiary alicyclic amines) is 2. The first kappa shape index (κ1) is 26.2. The Kier molecular flexibility index (Phi) is 7.13. The van der Waals surface area contributed by atoms with Crippen LogP contribution < -0.4 is 5.32 Å². The smallest absolute Gasteiger partial charge is 0.244 e. The first-order valence-electron chi connectivity index (χ1n) is 13.7. The van der Waals surface area contributed by atoms with Gasteiger partial charge in [-0.05, 0) is 84.8 Å². The molecule has 2 saturated heterocycles. The number of carbonyl (C=O) groups excluding carboxylic acids is 2. The number of thiophene rings is 1. The summed E-state index contributed by atoms with van der Waals surface area (Å²) in [6.07, 6.45) is 10.2. The predicted octanol–water partition coefficient (Wildman–Crippen LogP) is 4.66. The standard InChI is InChI=1S/C31H32N6O2S/c1-3-31(10-14-36(20-31)18-28(38)37-12-7-22(8-13-37)24-9-15-40-19-24)30(39)33-25-4-5-27-26(17-25)29(35-34-27)23-6-11-32-21(2)16-23/h1,4-6,9,11,15-17,19,22H,7-8,10,12-14,18,20H2,2H3,(H,33,39)(H,34,35). The van der Waals surface area contributed by atoms with Crippen LogP contribution in [0, 0.1) is 24.7 Å². The molecule has 3 aromatic heterocycles.